The molecule has 1 heterocycles. The Kier molecular flexibility index (Phi) is 5.51. The summed E-state index contributed by atoms with van der Waals surface area (Å²) in [5.74, 6) is -1.27. The van der Waals surface area contributed by atoms with Gasteiger partial charge >= 0.3 is 5.97 Å². The van der Waals surface area contributed by atoms with E-state index < -0.39 is 17.9 Å². The van der Waals surface area contributed by atoms with Gasteiger partial charge in [0.15, 0.2) is 0 Å². The van der Waals surface area contributed by atoms with Crippen molar-refractivity contribution in [3.63, 3.8) is 0 Å². The number of amides is 1. The van der Waals surface area contributed by atoms with E-state index in [0.717, 1.165) is 5.56 Å². The number of nitrogens with zero attached hydrogens (tertiary/aromatic N) is 2. The van der Waals surface area contributed by atoms with Crippen molar-refractivity contribution in [2.24, 2.45) is 5.92 Å². The summed E-state index contributed by atoms with van der Waals surface area (Å²) in [7, 11) is 0. The minimum Gasteiger partial charge on any atom is -0.480 e. The van der Waals surface area contributed by atoms with Crippen LogP contribution in [0.1, 0.15) is 36.2 Å². The normalized spacial score (nSPS) is 12.1. The van der Waals surface area contributed by atoms with Gasteiger partial charge in [0.1, 0.15) is 6.04 Å². The minimum absolute atomic E-state index is 0.178. The summed E-state index contributed by atoms with van der Waals surface area (Å²) in [6.07, 6.45) is 3.46. The second-order valence-electron chi connectivity index (χ2n) is 5.91. The van der Waals surface area contributed by atoms with Gasteiger partial charge in [-0.25, -0.2) is 4.79 Å². The van der Waals surface area contributed by atoms with Crippen molar-refractivity contribution in [2.45, 2.75) is 32.9 Å². The number of hydrogen-bond acceptors (Lipinski definition) is 3. The van der Waals surface area contributed by atoms with E-state index in [9.17, 15) is 14.7 Å². The highest BCUT2D eigenvalue weighted by Gasteiger charge is 2.22. The van der Waals surface area contributed by atoms with Gasteiger partial charge in [-0.05, 0) is 17.9 Å². The van der Waals surface area contributed by atoms with Gasteiger partial charge in [-0.2, -0.15) is 5.10 Å². The molecule has 2 aromatic rings. The molecule has 0 saturated heterocycles. The van der Waals surface area contributed by atoms with Crippen LogP contribution in [0.2, 0.25) is 0 Å². The Morgan fingerprint density at radius 2 is 1.96 bits per heavy atom. The quantitative estimate of drug-likeness (QED) is 0.820. The summed E-state index contributed by atoms with van der Waals surface area (Å²) in [6, 6.07) is 8.88. The third-order valence-corrected chi connectivity index (χ3v) is 3.39. The molecule has 0 aliphatic rings. The van der Waals surface area contributed by atoms with Crippen LogP contribution in [0.15, 0.2) is 42.7 Å². The first kappa shape index (κ1) is 16.7. The molecular weight excluding hydrogens is 294 g/mol. The lowest BCUT2D eigenvalue weighted by molar-refractivity contribution is -0.139. The predicted molar refractivity (Wildman–Crippen MR) is 86.1 cm³/mol. The van der Waals surface area contributed by atoms with Crippen LogP contribution in [-0.2, 0) is 11.3 Å². The number of carbonyl (C=O) groups excluding carboxylic acids is 1. The van der Waals surface area contributed by atoms with Crippen molar-refractivity contribution >= 4 is 11.9 Å². The first-order valence-corrected chi connectivity index (χ1v) is 7.55. The molecule has 1 aromatic carbocycles. The molecular formula is C17H21N3O3. The summed E-state index contributed by atoms with van der Waals surface area (Å²) in [4.78, 5) is 23.4. The van der Waals surface area contributed by atoms with Gasteiger partial charge in [0.2, 0.25) is 0 Å². The summed E-state index contributed by atoms with van der Waals surface area (Å²) in [6.45, 7) is 4.39. The summed E-state index contributed by atoms with van der Waals surface area (Å²) in [5, 5.41) is 15.9. The summed E-state index contributed by atoms with van der Waals surface area (Å²) in [5.41, 5.74) is 1.43. The molecule has 0 radical (unpaired) electrons. The van der Waals surface area contributed by atoms with Crippen molar-refractivity contribution in [2.75, 3.05) is 0 Å². The van der Waals surface area contributed by atoms with E-state index in [1.165, 1.54) is 6.20 Å². The van der Waals surface area contributed by atoms with Crippen LogP contribution in [0.3, 0.4) is 0 Å². The molecule has 1 atom stereocenters. The number of aliphatic carboxylic acids is 1. The minimum atomic E-state index is -1.02. The fourth-order valence-corrected chi connectivity index (χ4v) is 2.27. The standard InChI is InChI=1S/C17H21N3O3/c1-12(2)8-15(17(22)23)19-16(21)14-9-18-20(11-14)10-13-6-4-3-5-7-13/h3-7,9,11-12,15H,8,10H2,1-2H3,(H,19,21)(H,22,23)/t15-/m0/s1. The van der Waals surface area contributed by atoms with Gasteiger partial charge in [0.25, 0.3) is 5.91 Å². The second-order valence-corrected chi connectivity index (χ2v) is 5.91. The molecule has 0 saturated carbocycles. The van der Waals surface area contributed by atoms with Gasteiger partial charge in [0, 0.05) is 6.20 Å². The second kappa shape index (κ2) is 7.58. The highest BCUT2D eigenvalue weighted by atomic mass is 16.4. The lowest BCUT2D eigenvalue weighted by atomic mass is 10.0. The first-order chi connectivity index (χ1) is 11.0. The number of nitrogens with one attached hydrogen (secondary N) is 1. The molecule has 0 aliphatic heterocycles. The van der Waals surface area contributed by atoms with E-state index in [4.69, 9.17) is 0 Å². The van der Waals surface area contributed by atoms with Gasteiger partial charge in [-0.3, -0.25) is 9.48 Å². The molecule has 0 bridgehead atoms. The number of carbonyl (C=O) groups is 2. The molecule has 6 heteroatoms. The Hall–Kier alpha value is -2.63. The Morgan fingerprint density at radius 3 is 2.57 bits per heavy atom. The maximum absolute atomic E-state index is 12.2. The van der Waals surface area contributed by atoms with Crippen molar-refractivity contribution < 1.29 is 14.7 Å². The third kappa shape index (κ3) is 4.95. The third-order valence-electron chi connectivity index (χ3n) is 3.39. The van der Waals surface area contributed by atoms with Crippen LogP contribution in [0.5, 0.6) is 0 Å². The van der Waals surface area contributed by atoms with E-state index in [1.54, 1.807) is 10.9 Å². The molecule has 1 amide bonds. The average molecular weight is 315 g/mol. The zero-order valence-corrected chi connectivity index (χ0v) is 13.3. The van der Waals surface area contributed by atoms with Gasteiger partial charge in [-0.15, -0.1) is 0 Å². The number of rotatable bonds is 7. The Labute approximate surface area is 135 Å². The molecule has 0 fully saturated rings. The van der Waals surface area contributed by atoms with Crippen LogP contribution in [0.4, 0.5) is 0 Å². The highest BCUT2D eigenvalue weighted by Crippen LogP contribution is 2.08. The van der Waals surface area contributed by atoms with Gasteiger partial charge in [-0.1, -0.05) is 44.2 Å². The molecule has 0 unspecified atom stereocenters. The van der Waals surface area contributed by atoms with Gasteiger partial charge < -0.3 is 10.4 Å². The van der Waals surface area contributed by atoms with Crippen molar-refractivity contribution in [1.82, 2.24) is 15.1 Å². The number of aromatic nitrogens is 2. The average Bonchev–Trinajstić information content (AvgIpc) is 2.95. The molecule has 0 spiro atoms. The summed E-state index contributed by atoms with van der Waals surface area (Å²) >= 11 is 0. The Morgan fingerprint density at radius 1 is 1.26 bits per heavy atom. The van der Waals surface area contributed by atoms with E-state index >= 15 is 0 Å². The fourth-order valence-electron chi connectivity index (χ4n) is 2.27. The predicted octanol–water partition coefficient (Wildman–Crippen LogP) is 2.16. The van der Waals surface area contributed by atoms with Crippen LogP contribution in [-0.4, -0.2) is 32.8 Å². The molecule has 6 nitrogen and oxygen atoms in total. The van der Waals surface area contributed by atoms with Crippen molar-refractivity contribution in [3.8, 4) is 0 Å². The van der Waals surface area contributed by atoms with Crippen LogP contribution in [0, 0.1) is 5.92 Å². The number of carboxylic acid groups (broad SMARTS) is 1. The van der Waals surface area contributed by atoms with Crippen LogP contribution >= 0.6 is 0 Å². The fraction of sp³-hybridized carbons (Fsp3) is 0.353. The smallest absolute Gasteiger partial charge is 0.326 e. The molecule has 0 aliphatic carbocycles. The monoisotopic (exact) mass is 315 g/mol. The first-order valence-electron chi connectivity index (χ1n) is 7.55. The lowest BCUT2D eigenvalue weighted by Gasteiger charge is -2.15. The number of carboxylic acids is 1. The van der Waals surface area contributed by atoms with Gasteiger partial charge in [0.05, 0.1) is 18.3 Å². The number of hydrogen-bond donors (Lipinski definition) is 2. The van der Waals surface area contributed by atoms with E-state index in [-0.39, 0.29) is 5.92 Å². The zero-order chi connectivity index (χ0) is 16.8. The Balaban J connectivity index is 2.01. The van der Waals surface area contributed by atoms with Crippen LogP contribution in [0.25, 0.3) is 0 Å². The SMILES string of the molecule is CC(C)C[C@H](NC(=O)c1cnn(Cc2ccccc2)c1)C(=O)O. The summed E-state index contributed by atoms with van der Waals surface area (Å²) < 4.78 is 1.66. The Bertz CT molecular complexity index is 665. The van der Waals surface area contributed by atoms with Crippen LogP contribution < -0.4 is 5.32 Å². The number of benzene rings is 1. The molecule has 1 aromatic heterocycles. The van der Waals surface area contributed by atoms with E-state index in [1.807, 2.05) is 44.2 Å². The molecule has 2 rings (SSSR count). The van der Waals surface area contributed by atoms with E-state index in [0.29, 0.717) is 18.5 Å². The maximum Gasteiger partial charge on any atom is 0.326 e. The topological polar surface area (TPSA) is 84.2 Å². The van der Waals surface area contributed by atoms with Crippen molar-refractivity contribution in [1.29, 1.82) is 0 Å². The zero-order valence-electron chi connectivity index (χ0n) is 13.3. The lowest BCUT2D eigenvalue weighted by Crippen LogP contribution is -2.41. The van der Waals surface area contributed by atoms with E-state index in [2.05, 4.69) is 10.4 Å². The highest BCUT2D eigenvalue weighted by molar-refractivity contribution is 5.96. The van der Waals surface area contributed by atoms with Crippen molar-refractivity contribution in [3.05, 3.63) is 53.9 Å². The maximum atomic E-state index is 12.2. The molecule has 122 valence electrons. The largest absolute Gasteiger partial charge is 0.480 e. The molecule has 23 heavy (non-hydrogen) atoms. The molecule has 2 N–H and O–H groups in total.